The zero-order valence-electron chi connectivity index (χ0n) is 17.2. The molecule has 0 aromatic carbocycles. The maximum atomic E-state index is 13.0. The molecule has 3 aromatic rings. The van der Waals surface area contributed by atoms with Crippen LogP contribution in [0, 0.1) is 0 Å². The first-order chi connectivity index (χ1) is 14.6. The van der Waals surface area contributed by atoms with Gasteiger partial charge in [0.15, 0.2) is 5.82 Å². The number of hydrogen-bond acceptors (Lipinski definition) is 7. The summed E-state index contributed by atoms with van der Waals surface area (Å²) in [5.41, 5.74) is 0.195. The third-order valence-corrected chi connectivity index (χ3v) is 3.95. The number of carbonyl (C=O) groups is 1. The lowest BCUT2D eigenvalue weighted by atomic mass is 10.2. The van der Waals surface area contributed by atoms with Gasteiger partial charge >= 0.3 is 6.18 Å². The number of hydrogen-bond donors (Lipinski definition) is 2. The molecule has 10 heteroatoms. The molecular formula is C21H21F3N6O. The summed E-state index contributed by atoms with van der Waals surface area (Å²) in [4.78, 5) is 28.1. The molecule has 0 spiro atoms. The Morgan fingerprint density at radius 1 is 1.06 bits per heavy atom. The topological polar surface area (TPSA) is 92.7 Å². The largest absolute Gasteiger partial charge is 0.433 e. The van der Waals surface area contributed by atoms with Crippen molar-refractivity contribution in [2.75, 3.05) is 10.6 Å². The summed E-state index contributed by atoms with van der Waals surface area (Å²) in [6.45, 7) is 5.34. The lowest BCUT2D eigenvalue weighted by Gasteiger charge is -2.14. The molecule has 0 bridgehead atoms. The molecule has 2 N–H and O–H groups in total. The number of rotatable bonds is 7. The minimum absolute atomic E-state index is 0.0266. The molecule has 0 unspecified atom stereocenters. The van der Waals surface area contributed by atoms with Crippen LogP contribution in [-0.4, -0.2) is 31.8 Å². The van der Waals surface area contributed by atoms with E-state index >= 15 is 0 Å². The van der Waals surface area contributed by atoms with E-state index in [0.717, 1.165) is 12.3 Å². The van der Waals surface area contributed by atoms with Crippen molar-refractivity contribution >= 4 is 23.1 Å². The van der Waals surface area contributed by atoms with Crippen molar-refractivity contribution in [2.45, 2.75) is 39.4 Å². The van der Waals surface area contributed by atoms with Crippen molar-refractivity contribution < 1.29 is 18.0 Å². The van der Waals surface area contributed by atoms with Gasteiger partial charge in [-0.05, 0) is 45.0 Å². The van der Waals surface area contributed by atoms with Gasteiger partial charge in [-0.15, -0.1) is 0 Å². The molecule has 3 heterocycles. The third-order valence-electron chi connectivity index (χ3n) is 3.95. The van der Waals surface area contributed by atoms with Gasteiger partial charge in [-0.1, -0.05) is 6.07 Å². The first-order valence-corrected chi connectivity index (χ1v) is 9.52. The molecule has 3 rings (SSSR count). The second kappa shape index (κ2) is 9.07. The van der Waals surface area contributed by atoms with Gasteiger partial charge < -0.3 is 10.6 Å². The van der Waals surface area contributed by atoms with Gasteiger partial charge in [-0.3, -0.25) is 9.78 Å². The van der Waals surface area contributed by atoms with Gasteiger partial charge in [0.25, 0.3) is 0 Å². The summed E-state index contributed by atoms with van der Waals surface area (Å²) in [5.74, 6) is 1.00. The normalized spacial score (nSPS) is 11.5. The number of carbonyl (C=O) groups excluding carboxylic acids is 1. The number of anilines is 3. The Morgan fingerprint density at radius 3 is 2.48 bits per heavy atom. The lowest BCUT2D eigenvalue weighted by Crippen LogP contribution is -2.13. The number of nitrogens with zero attached hydrogens (tertiary/aromatic N) is 4. The lowest BCUT2D eigenvalue weighted by molar-refractivity contribution is -0.141. The van der Waals surface area contributed by atoms with Crippen LogP contribution in [-0.2, 0) is 17.4 Å². The van der Waals surface area contributed by atoms with E-state index in [4.69, 9.17) is 0 Å². The number of Topliss-reactive ketones (excluding diaryl/α,β-unsaturated/α-hetero) is 1. The first kappa shape index (κ1) is 22.1. The summed E-state index contributed by atoms with van der Waals surface area (Å²) >= 11 is 0. The van der Waals surface area contributed by atoms with Crippen molar-refractivity contribution in [2.24, 2.45) is 0 Å². The molecule has 0 amide bonds. The molecule has 0 saturated carbocycles. The quantitative estimate of drug-likeness (QED) is 0.564. The highest BCUT2D eigenvalue weighted by molar-refractivity contribution is 5.77. The Morgan fingerprint density at radius 2 is 1.81 bits per heavy atom. The second-order valence-electron chi connectivity index (χ2n) is 7.21. The van der Waals surface area contributed by atoms with E-state index in [1.165, 1.54) is 13.0 Å². The van der Waals surface area contributed by atoms with Crippen LogP contribution < -0.4 is 10.6 Å². The summed E-state index contributed by atoms with van der Waals surface area (Å²) in [6.07, 6.45) is -3.30. The Bertz CT molecular complexity index is 1080. The summed E-state index contributed by atoms with van der Waals surface area (Å²) in [6, 6.07) is 9.16. The van der Waals surface area contributed by atoms with Crippen LogP contribution >= 0.6 is 0 Å². The molecule has 0 atom stereocenters. The van der Waals surface area contributed by atoms with Crippen LogP contribution in [0.5, 0.6) is 0 Å². The molecule has 7 nitrogen and oxygen atoms in total. The maximum Gasteiger partial charge on any atom is 0.433 e. The van der Waals surface area contributed by atoms with Crippen LogP contribution in [0.15, 0.2) is 42.6 Å². The molecule has 31 heavy (non-hydrogen) atoms. The Kier molecular flexibility index (Phi) is 6.47. The van der Waals surface area contributed by atoms with Crippen molar-refractivity contribution in [1.82, 2.24) is 19.9 Å². The van der Waals surface area contributed by atoms with Crippen molar-refractivity contribution in [3.63, 3.8) is 0 Å². The minimum Gasteiger partial charge on any atom is -0.368 e. The number of pyridine rings is 2. The smallest absolute Gasteiger partial charge is 0.368 e. The number of aromatic nitrogens is 4. The van der Waals surface area contributed by atoms with Gasteiger partial charge in [0.1, 0.15) is 28.8 Å². The van der Waals surface area contributed by atoms with E-state index in [1.54, 1.807) is 24.3 Å². The maximum absolute atomic E-state index is 13.0. The van der Waals surface area contributed by atoms with Crippen LogP contribution in [0.3, 0.4) is 0 Å². The summed E-state index contributed by atoms with van der Waals surface area (Å²) in [7, 11) is 0. The van der Waals surface area contributed by atoms with E-state index in [-0.39, 0.29) is 35.6 Å². The monoisotopic (exact) mass is 430 g/mol. The predicted molar refractivity (Wildman–Crippen MR) is 111 cm³/mol. The van der Waals surface area contributed by atoms with Gasteiger partial charge in [0, 0.05) is 36.1 Å². The zero-order chi connectivity index (χ0) is 22.6. The van der Waals surface area contributed by atoms with Crippen LogP contribution in [0.4, 0.5) is 30.5 Å². The van der Waals surface area contributed by atoms with E-state index in [2.05, 4.69) is 30.6 Å². The Hall–Kier alpha value is -3.56. The van der Waals surface area contributed by atoms with Gasteiger partial charge in [0.05, 0.1) is 0 Å². The highest BCUT2D eigenvalue weighted by Gasteiger charge is 2.32. The number of ketones is 1. The molecule has 162 valence electrons. The van der Waals surface area contributed by atoms with Crippen LogP contribution in [0.1, 0.15) is 32.2 Å². The van der Waals surface area contributed by atoms with Crippen LogP contribution in [0.25, 0.3) is 11.5 Å². The molecule has 0 aliphatic rings. The molecule has 0 aliphatic carbocycles. The molecule has 0 saturated heterocycles. The molecule has 3 aromatic heterocycles. The van der Waals surface area contributed by atoms with Crippen molar-refractivity contribution in [1.29, 1.82) is 0 Å². The third kappa shape index (κ3) is 6.21. The molecule has 0 aliphatic heterocycles. The standard InChI is InChI=1S/C21H21F3N6O/c1-12(2)26-18-11-19(28-15-7-8-25-17(10-15)21(22,23)24)30-20(29-18)16-6-4-5-14(27-16)9-13(3)31/h4-8,10-12H,9H2,1-3H3,(H2,25,26,28,29,30). The highest BCUT2D eigenvalue weighted by Crippen LogP contribution is 2.30. The van der Waals surface area contributed by atoms with Crippen molar-refractivity contribution in [3.05, 3.63) is 54.0 Å². The fraction of sp³-hybridized carbons (Fsp3) is 0.286. The first-order valence-electron chi connectivity index (χ1n) is 9.52. The van der Waals surface area contributed by atoms with E-state index in [9.17, 15) is 18.0 Å². The Balaban J connectivity index is 1.99. The van der Waals surface area contributed by atoms with E-state index in [0.29, 0.717) is 17.2 Å². The zero-order valence-corrected chi connectivity index (χ0v) is 17.2. The predicted octanol–water partition coefficient (Wildman–Crippen LogP) is 4.65. The van der Waals surface area contributed by atoms with Gasteiger partial charge in [0.2, 0.25) is 0 Å². The number of alkyl halides is 3. The SMILES string of the molecule is CC(=O)Cc1cccc(-c2nc(Nc3ccnc(C(F)(F)F)c3)cc(NC(C)C)n2)n1. The van der Waals surface area contributed by atoms with Gasteiger partial charge in [-0.25, -0.2) is 15.0 Å². The van der Waals surface area contributed by atoms with E-state index < -0.39 is 11.9 Å². The highest BCUT2D eigenvalue weighted by atomic mass is 19.4. The number of halogens is 3. The second-order valence-corrected chi connectivity index (χ2v) is 7.21. The van der Waals surface area contributed by atoms with E-state index in [1.807, 2.05) is 13.8 Å². The molecular weight excluding hydrogens is 409 g/mol. The average molecular weight is 430 g/mol. The van der Waals surface area contributed by atoms with Crippen LogP contribution in [0.2, 0.25) is 0 Å². The Labute approximate surface area is 177 Å². The van der Waals surface area contributed by atoms with Gasteiger partial charge in [-0.2, -0.15) is 13.2 Å². The summed E-state index contributed by atoms with van der Waals surface area (Å²) < 4.78 is 38.9. The molecule has 0 radical (unpaired) electrons. The average Bonchev–Trinajstić information content (AvgIpc) is 2.66. The minimum atomic E-state index is -4.56. The fourth-order valence-corrected chi connectivity index (χ4v) is 2.76. The fourth-order valence-electron chi connectivity index (χ4n) is 2.76. The van der Waals surface area contributed by atoms with Crippen molar-refractivity contribution in [3.8, 4) is 11.5 Å². The summed E-state index contributed by atoms with van der Waals surface area (Å²) in [5, 5.41) is 6.03. The number of nitrogens with one attached hydrogen (secondary N) is 2. The molecule has 0 fully saturated rings.